The molecule has 10 heteroatoms. The summed E-state index contributed by atoms with van der Waals surface area (Å²) in [7, 11) is 0. The van der Waals surface area contributed by atoms with E-state index in [0.717, 1.165) is 6.42 Å². The summed E-state index contributed by atoms with van der Waals surface area (Å²) < 4.78 is 23.0. The number of aliphatic hydroxyl groups is 4. The Morgan fingerprint density at radius 2 is 1.71 bits per heavy atom. The van der Waals surface area contributed by atoms with Crippen molar-refractivity contribution in [2.24, 2.45) is 23.2 Å². The first-order valence-corrected chi connectivity index (χ1v) is 13.7. The zero-order valence-electron chi connectivity index (χ0n) is 23.6. The second-order valence-corrected chi connectivity index (χ2v) is 12.1. The van der Waals surface area contributed by atoms with Crippen LogP contribution in [0.5, 0.6) is 0 Å². The normalized spacial score (nSPS) is 43.9. The molecule has 1 saturated heterocycles. The molecule has 0 unspecified atom stereocenters. The molecule has 0 bridgehead atoms. The molecule has 3 fully saturated rings. The first kappa shape index (κ1) is 31.0. The van der Waals surface area contributed by atoms with Crippen LogP contribution < -0.4 is 0 Å². The molecule has 0 aromatic carbocycles. The van der Waals surface area contributed by atoms with Crippen LogP contribution >= 0.6 is 0 Å². The van der Waals surface area contributed by atoms with Gasteiger partial charge in [0.1, 0.15) is 24.9 Å². The number of carbonyl (C=O) groups is 2. The van der Waals surface area contributed by atoms with E-state index in [2.05, 4.69) is 13.8 Å². The van der Waals surface area contributed by atoms with E-state index in [1.54, 1.807) is 26.8 Å². The molecule has 2 saturated carbocycles. The second kappa shape index (κ2) is 11.9. The fourth-order valence-corrected chi connectivity index (χ4v) is 6.64. The van der Waals surface area contributed by atoms with Crippen molar-refractivity contribution in [3.63, 3.8) is 0 Å². The van der Waals surface area contributed by atoms with Gasteiger partial charge in [-0.2, -0.15) is 0 Å². The molecule has 3 rings (SSSR count). The van der Waals surface area contributed by atoms with Crippen LogP contribution in [0, 0.1) is 23.2 Å². The van der Waals surface area contributed by atoms with E-state index in [-0.39, 0.29) is 18.4 Å². The fraction of sp³-hybridized carbons (Fsp3) is 0.857. The minimum atomic E-state index is -1.56. The predicted molar refractivity (Wildman–Crippen MR) is 137 cm³/mol. The van der Waals surface area contributed by atoms with Crippen molar-refractivity contribution in [3.8, 4) is 0 Å². The first-order valence-electron chi connectivity index (χ1n) is 13.7. The van der Waals surface area contributed by atoms with Crippen LogP contribution in [0.3, 0.4) is 0 Å². The Balaban J connectivity index is 1.97. The second-order valence-electron chi connectivity index (χ2n) is 12.1. The summed E-state index contributed by atoms with van der Waals surface area (Å²) in [5.41, 5.74) is -1.47. The topological polar surface area (TPSA) is 152 Å². The van der Waals surface area contributed by atoms with Crippen LogP contribution in [0.2, 0.25) is 0 Å². The summed E-state index contributed by atoms with van der Waals surface area (Å²) >= 11 is 0. The Hall–Kier alpha value is -1.56. The van der Waals surface area contributed by atoms with Gasteiger partial charge in [0.05, 0.1) is 17.8 Å². The van der Waals surface area contributed by atoms with E-state index < -0.39 is 71.8 Å². The lowest BCUT2D eigenvalue weighted by Crippen LogP contribution is -2.66. The van der Waals surface area contributed by atoms with Gasteiger partial charge in [-0.05, 0) is 58.3 Å². The van der Waals surface area contributed by atoms with E-state index in [1.165, 1.54) is 6.92 Å². The number of esters is 2. The summed E-state index contributed by atoms with van der Waals surface area (Å²) in [5, 5.41) is 44.8. The molecule has 1 aliphatic heterocycles. The highest BCUT2D eigenvalue weighted by Crippen LogP contribution is 2.57. The number of hydrogen-bond donors (Lipinski definition) is 4. The Morgan fingerprint density at radius 1 is 1.05 bits per heavy atom. The molecule has 0 aromatic rings. The molecule has 4 N–H and O–H groups in total. The van der Waals surface area contributed by atoms with Crippen LogP contribution in [0.25, 0.3) is 0 Å². The summed E-state index contributed by atoms with van der Waals surface area (Å²) in [4.78, 5) is 24.0. The lowest BCUT2D eigenvalue weighted by Gasteiger charge is -2.60. The summed E-state index contributed by atoms with van der Waals surface area (Å²) in [5.74, 6) is -1.64. The van der Waals surface area contributed by atoms with E-state index >= 15 is 0 Å². The highest BCUT2D eigenvalue weighted by atomic mass is 16.7. The van der Waals surface area contributed by atoms with Crippen molar-refractivity contribution in [3.05, 3.63) is 11.6 Å². The molecule has 3 aliphatic rings. The fourth-order valence-electron chi connectivity index (χ4n) is 6.64. The third-order valence-electron chi connectivity index (χ3n) is 9.07. The van der Waals surface area contributed by atoms with E-state index in [9.17, 15) is 30.0 Å². The van der Waals surface area contributed by atoms with Crippen molar-refractivity contribution in [1.82, 2.24) is 0 Å². The van der Waals surface area contributed by atoms with Gasteiger partial charge in [-0.25, -0.2) is 4.79 Å². The minimum Gasteiger partial charge on any atom is -0.463 e. The maximum Gasteiger partial charge on any atom is 0.333 e. The summed E-state index contributed by atoms with van der Waals surface area (Å²) in [6.45, 7) is 12.0. The van der Waals surface area contributed by atoms with Crippen LogP contribution in [-0.4, -0.2) is 87.5 Å². The van der Waals surface area contributed by atoms with Crippen LogP contribution in [0.15, 0.2) is 11.6 Å². The van der Waals surface area contributed by atoms with Gasteiger partial charge in [-0.3, -0.25) is 4.79 Å². The van der Waals surface area contributed by atoms with E-state index in [4.69, 9.17) is 18.9 Å². The molecule has 1 heterocycles. The Kier molecular flexibility index (Phi) is 9.70. The third-order valence-corrected chi connectivity index (χ3v) is 9.07. The number of carbonyl (C=O) groups excluding carboxylic acids is 2. The monoisotopic (exact) mass is 542 g/mol. The van der Waals surface area contributed by atoms with Crippen molar-refractivity contribution >= 4 is 11.9 Å². The molecule has 218 valence electrons. The van der Waals surface area contributed by atoms with Gasteiger partial charge in [0.25, 0.3) is 0 Å². The van der Waals surface area contributed by atoms with Gasteiger partial charge in [0, 0.05) is 23.8 Å². The standard InChI is InChI=1S/C28H46O10/c1-8-15(4)25(33)37-23-20(31)18(13-35-16(5)29)36-26(21(23)32)38-22-17(14(2)3)9-11-27(6)19(30)10-12-28(7,34)24(22)27/h8,14,17-24,26,30-32,34H,9-13H2,1-7H3/b15-8-/t17-,18+,19-,20+,21+,22+,23-,24-,26-,27+,28-/m0/s1. The molecule has 0 aromatic heterocycles. The Bertz CT molecular complexity index is 885. The lowest BCUT2D eigenvalue weighted by molar-refractivity contribution is -0.339. The molecule has 2 aliphatic carbocycles. The van der Waals surface area contributed by atoms with Crippen LogP contribution in [0.1, 0.15) is 74.1 Å². The van der Waals surface area contributed by atoms with E-state index in [0.29, 0.717) is 24.8 Å². The first-order chi connectivity index (χ1) is 17.6. The van der Waals surface area contributed by atoms with Crippen molar-refractivity contribution < 1.29 is 49.0 Å². The molecule has 10 nitrogen and oxygen atoms in total. The van der Waals surface area contributed by atoms with Gasteiger partial charge in [-0.15, -0.1) is 0 Å². The SMILES string of the molecule is C/C=C(/C)C(=O)O[C@@H]1[C@@H](O)[C@H](O[C@@H]2[C@H](C(C)C)CC[C@]3(C)[C@@H](O)CC[C@](C)(O)[C@@H]23)O[C@H](COC(C)=O)[C@H]1O. The number of ether oxygens (including phenoxy) is 4. The number of aliphatic hydroxyl groups excluding tert-OH is 3. The molecule has 38 heavy (non-hydrogen) atoms. The highest BCUT2D eigenvalue weighted by Gasteiger charge is 2.61. The zero-order valence-corrected chi connectivity index (χ0v) is 23.6. The lowest BCUT2D eigenvalue weighted by atomic mass is 9.50. The maximum atomic E-state index is 12.6. The van der Waals surface area contributed by atoms with Gasteiger partial charge in [0.15, 0.2) is 12.4 Å². The van der Waals surface area contributed by atoms with Gasteiger partial charge < -0.3 is 39.4 Å². The minimum absolute atomic E-state index is 0.0225. The molecular weight excluding hydrogens is 496 g/mol. The largest absolute Gasteiger partial charge is 0.463 e. The van der Waals surface area contributed by atoms with Gasteiger partial charge in [0.2, 0.25) is 0 Å². The van der Waals surface area contributed by atoms with Crippen LogP contribution in [0.4, 0.5) is 0 Å². The number of rotatable bonds is 7. The van der Waals surface area contributed by atoms with Crippen molar-refractivity contribution in [1.29, 1.82) is 0 Å². The third kappa shape index (κ3) is 6.10. The molecule has 0 radical (unpaired) electrons. The van der Waals surface area contributed by atoms with Gasteiger partial charge in [-0.1, -0.05) is 26.8 Å². The smallest absolute Gasteiger partial charge is 0.333 e. The summed E-state index contributed by atoms with van der Waals surface area (Å²) in [6, 6.07) is 0. The maximum absolute atomic E-state index is 12.6. The number of fused-ring (bicyclic) bond motifs is 1. The molecule has 11 atom stereocenters. The van der Waals surface area contributed by atoms with Gasteiger partial charge >= 0.3 is 11.9 Å². The van der Waals surface area contributed by atoms with Crippen molar-refractivity contribution in [2.75, 3.05) is 6.61 Å². The molecule has 0 spiro atoms. The number of allylic oxidation sites excluding steroid dienone is 1. The average Bonchev–Trinajstić information content (AvgIpc) is 2.84. The van der Waals surface area contributed by atoms with E-state index in [1.807, 2.05) is 6.92 Å². The quantitative estimate of drug-likeness (QED) is 0.277. The highest BCUT2D eigenvalue weighted by molar-refractivity contribution is 5.87. The molecule has 0 amide bonds. The predicted octanol–water partition coefficient (Wildman–Crippen LogP) is 1.85. The number of hydrogen-bond acceptors (Lipinski definition) is 10. The zero-order chi connectivity index (χ0) is 28.6. The molecular formula is C28H46O10. The average molecular weight is 543 g/mol. The van der Waals surface area contributed by atoms with Crippen LogP contribution in [-0.2, 0) is 28.5 Å². The Morgan fingerprint density at radius 3 is 2.29 bits per heavy atom. The van der Waals surface area contributed by atoms with Crippen molar-refractivity contribution in [2.45, 2.75) is 123 Å². The summed E-state index contributed by atoms with van der Waals surface area (Å²) in [6.07, 6.45) is -4.33. The Labute approximate surface area is 225 Å².